The van der Waals surface area contributed by atoms with Gasteiger partial charge in [0, 0.05) is 32.3 Å². The van der Waals surface area contributed by atoms with Crippen LogP contribution in [0.1, 0.15) is 24.9 Å². The average molecular weight is 342 g/mol. The van der Waals surface area contributed by atoms with Gasteiger partial charge >= 0.3 is 0 Å². The minimum atomic E-state index is -0.405. The summed E-state index contributed by atoms with van der Waals surface area (Å²) in [4.78, 5) is 33.4. The van der Waals surface area contributed by atoms with Crippen molar-refractivity contribution >= 4 is 11.8 Å². The molecule has 0 bridgehead atoms. The fourth-order valence-electron chi connectivity index (χ4n) is 3.79. The molecular weight excluding hydrogens is 316 g/mol. The molecule has 0 N–H and O–H groups in total. The molecule has 0 aliphatic carbocycles. The van der Waals surface area contributed by atoms with Crippen LogP contribution in [0.2, 0.25) is 0 Å². The number of amides is 2. The van der Waals surface area contributed by atoms with Crippen molar-refractivity contribution in [1.82, 2.24) is 19.6 Å². The van der Waals surface area contributed by atoms with Gasteiger partial charge in [-0.25, -0.2) is 0 Å². The predicted octanol–water partition coefficient (Wildman–Crippen LogP) is 1.48. The Morgan fingerprint density at radius 2 is 1.76 bits per heavy atom. The summed E-state index contributed by atoms with van der Waals surface area (Å²) in [5, 5.41) is 0. The number of nitrogens with zero attached hydrogens (tertiary/aromatic N) is 4. The third-order valence-corrected chi connectivity index (χ3v) is 4.87. The lowest BCUT2D eigenvalue weighted by molar-refractivity contribution is -0.137. The van der Waals surface area contributed by atoms with Crippen molar-refractivity contribution in [3.05, 3.63) is 47.7 Å². The summed E-state index contributed by atoms with van der Waals surface area (Å²) in [7, 11) is 7.59. The molecule has 0 saturated carbocycles. The Morgan fingerprint density at radius 3 is 2.32 bits per heavy atom. The second-order valence-corrected chi connectivity index (χ2v) is 7.19. The van der Waals surface area contributed by atoms with Gasteiger partial charge in [0.25, 0.3) is 5.91 Å². The summed E-state index contributed by atoms with van der Waals surface area (Å²) < 4.78 is 0. The molecule has 0 spiro atoms. The van der Waals surface area contributed by atoms with Crippen LogP contribution in [0.5, 0.6) is 0 Å². The number of hydrogen-bond acceptors (Lipinski definition) is 4. The predicted molar refractivity (Wildman–Crippen MR) is 96.2 cm³/mol. The van der Waals surface area contributed by atoms with Crippen LogP contribution in [-0.4, -0.2) is 71.9 Å². The number of benzene rings is 1. The van der Waals surface area contributed by atoms with E-state index in [1.54, 1.807) is 4.90 Å². The molecule has 2 amide bonds. The van der Waals surface area contributed by atoms with Gasteiger partial charge in [0.15, 0.2) is 6.29 Å². The van der Waals surface area contributed by atoms with E-state index in [-0.39, 0.29) is 24.1 Å². The van der Waals surface area contributed by atoms with Gasteiger partial charge in [0.05, 0.1) is 6.04 Å². The number of fused-ring (bicyclic) bond motifs is 1. The first kappa shape index (κ1) is 17.5. The van der Waals surface area contributed by atoms with Gasteiger partial charge in [-0.15, -0.1) is 0 Å². The molecule has 6 nitrogen and oxygen atoms in total. The summed E-state index contributed by atoms with van der Waals surface area (Å²) in [5.74, 6) is -0.0286. The van der Waals surface area contributed by atoms with Crippen molar-refractivity contribution in [2.75, 3.05) is 28.2 Å². The van der Waals surface area contributed by atoms with Crippen molar-refractivity contribution in [3.8, 4) is 0 Å². The quantitative estimate of drug-likeness (QED) is 0.778. The minimum absolute atomic E-state index is 0.0190. The van der Waals surface area contributed by atoms with Crippen LogP contribution in [0.25, 0.3) is 0 Å². The van der Waals surface area contributed by atoms with E-state index in [2.05, 4.69) is 0 Å². The molecule has 25 heavy (non-hydrogen) atoms. The fourth-order valence-corrected chi connectivity index (χ4v) is 3.79. The van der Waals surface area contributed by atoms with Gasteiger partial charge < -0.3 is 9.80 Å². The molecule has 1 aromatic rings. The van der Waals surface area contributed by atoms with Crippen LogP contribution in [0.15, 0.2) is 42.1 Å². The second kappa shape index (κ2) is 6.52. The molecule has 3 atom stereocenters. The van der Waals surface area contributed by atoms with Crippen LogP contribution in [0.3, 0.4) is 0 Å². The Hall–Kier alpha value is -2.34. The van der Waals surface area contributed by atoms with Crippen molar-refractivity contribution in [1.29, 1.82) is 0 Å². The number of carbonyl (C=O) groups excluding carboxylic acids is 2. The van der Waals surface area contributed by atoms with Crippen LogP contribution in [0, 0.1) is 0 Å². The molecule has 6 heteroatoms. The molecule has 0 radical (unpaired) electrons. The van der Waals surface area contributed by atoms with E-state index in [1.807, 2.05) is 86.3 Å². The average Bonchev–Trinajstić information content (AvgIpc) is 3.03. The van der Waals surface area contributed by atoms with E-state index in [0.717, 1.165) is 5.56 Å². The van der Waals surface area contributed by atoms with Gasteiger partial charge in [0.1, 0.15) is 6.04 Å². The molecule has 1 unspecified atom stereocenters. The largest absolute Gasteiger partial charge is 0.383 e. The van der Waals surface area contributed by atoms with Crippen molar-refractivity contribution in [2.24, 2.45) is 0 Å². The highest BCUT2D eigenvalue weighted by atomic mass is 16.2. The molecule has 0 aromatic heterocycles. The molecule has 2 fully saturated rings. The maximum Gasteiger partial charge on any atom is 0.254 e. The number of hydrogen-bond donors (Lipinski definition) is 0. The summed E-state index contributed by atoms with van der Waals surface area (Å²) in [6, 6.07) is 9.45. The zero-order chi connectivity index (χ0) is 18.3. The molecule has 3 rings (SSSR count). The maximum atomic E-state index is 13.2. The first-order chi connectivity index (χ1) is 11.8. The third kappa shape index (κ3) is 2.91. The third-order valence-electron chi connectivity index (χ3n) is 4.87. The molecule has 2 heterocycles. The molecule has 2 aliphatic heterocycles. The van der Waals surface area contributed by atoms with Crippen LogP contribution in [0.4, 0.5) is 0 Å². The highest BCUT2D eigenvalue weighted by molar-refractivity contribution is 6.03. The van der Waals surface area contributed by atoms with Gasteiger partial charge in [-0.05, 0) is 26.6 Å². The SMILES string of the molecule is C[C@@H](c1ccccc1)N1C(=O)[C@@H]2C/C(=C\N(C)C)C(=O)N2C1N(C)C. The summed E-state index contributed by atoms with van der Waals surface area (Å²) in [6.07, 6.45) is 1.93. The highest BCUT2D eigenvalue weighted by Gasteiger charge is 2.55. The van der Waals surface area contributed by atoms with Gasteiger partial charge in [0.2, 0.25) is 5.91 Å². The van der Waals surface area contributed by atoms with E-state index in [4.69, 9.17) is 0 Å². The molecule has 2 saturated heterocycles. The maximum absolute atomic E-state index is 13.2. The smallest absolute Gasteiger partial charge is 0.254 e. The van der Waals surface area contributed by atoms with Crippen molar-refractivity contribution in [2.45, 2.75) is 31.7 Å². The highest BCUT2D eigenvalue weighted by Crippen LogP contribution is 2.39. The lowest BCUT2D eigenvalue weighted by Gasteiger charge is -2.37. The minimum Gasteiger partial charge on any atom is -0.383 e. The first-order valence-electron chi connectivity index (χ1n) is 8.56. The molecule has 134 valence electrons. The standard InChI is InChI=1S/C19H26N4O2/c1-13(14-9-7-6-8-10-14)22-18(25)16-11-15(12-20(2)3)17(24)23(16)19(22)21(4)5/h6-10,12-13,16,19H,11H2,1-5H3/b15-12+/t13-,16-,19?/m0/s1. The zero-order valence-electron chi connectivity index (χ0n) is 15.5. The van der Waals surface area contributed by atoms with Gasteiger partial charge in [-0.2, -0.15) is 0 Å². The summed E-state index contributed by atoms with van der Waals surface area (Å²) in [5.41, 5.74) is 1.77. The Balaban J connectivity index is 1.96. The Labute approximate surface area is 149 Å². The normalized spacial score (nSPS) is 25.9. The summed E-state index contributed by atoms with van der Waals surface area (Å²) >= 11 is 0. The Kier molecular flexibility index (Phi) is 4.56. The van der Waals surface area contributed by atoms with Gasteiger partial charge in [-0.3, -0.25) is 19.4 Å². The van der Waals surface area contributed by atoms with E-state index in [9.17, 15) is 9.59 Å². The van der Waals surface area contributed by atoms with Crippen LogP contribution in [-0.2, 0) is 9.59 Å². The van der Waals surface area contributed by atoms with Gasteiger partial charge in [-0.1, -0.05) is 30.3 Å². The van der Waals surface area contributed by atoms with E-state index < -0.39 is 6.04 Å². The first-order valence-corrected chi connectivity index (χ1v) is 8.56. The molecule has 2 aliphatic rings. The Morgan fingerprint density at radius 1 is 1.12 bits per heavy atom. The molecular formula is C19H26N4O2. The topological polar surface area (TPSA) is 47.1 Å². The molecule has 1 aromatic carbocycles. The van der Waals surface area contributed by atoms with Crippen LogP contribution < -0.4 is 0 Å². The van der Waals surface area contributed by atoms with Crippen molar-refractivity contribution in [3.63, 3.8) is 0 Å². The monoisotopic (exact) mass is 342 g/mol. The lowest BCUT2D eigenvalue weighted by Crippen LogP contribution is -2.51. The van der Waals surface area contributed by atoms with Crippen LogP contribution >= 0.6 is 0 Å². The zero-order valence-corrected chi connectivity index (χ0v) is 15.5. The van der Waals surface area contributed by atoms with Crippen molar-refractivity contribution < 1.29 is 9.59 Å². The van der Waals surface area contributed by atoms with E-state index in [1.165, 1.54) is 0 Å². The summed E-state index contributed by atoms with van der Waals surface area (Å²) in [6.45, 7) is 2.02. The second-order valence-electron chi connectivity index (χ2n) is 7.19. The van der Waals surface area contributed by atoms with E-state index in [0.29, 0.717) is 12.0 Å². The fraction of sp³-hybridized carbons (Fsp3) is 0.474. The number of carbonyl (C=O) groups is 2. The Bertz CT molecular complexity index is 699. The lowest BCUT2D eigenvalue weighted by atomic mass is 10.1. The van der Waals surface area contributed by atoms with E-state index >= 15 is 0 Å². The number of rotatable bonds is 4.